The third-order valence-electron chi connectivity index (χ3n) is 4.87. The normalized spacial score (nSPS) is 16.8. The summed E-state index contributed by atoms with van der Waals surface area (Å²) in [5.41, 5.74) is 7.06. The quantitative estimate of drug-likeness (QED) is 0.650. The van der Waals surface area contributed by atoms with Gasteiger partial charge in [-0.3, -0.25) is 0 Å². The van der Waals surface area contributed by atoms with Gasteiger partial charge in [-0.1, -0.05) is 12.1 Å². The van der Waals surface area contributed by atoms with E-state index in [-0.39, 0.29) is 0 Å². The molecule has 0 fully saturated rings. The molecule has 0 N–H and O–H groups in total. The van der Waals surface area contributed by atoms with E-state index in [2.05, 4.69) is 41.3 Å². The number of aromatic nitrogens is 1. The fourth-order valence-electron chi connectivity index (χ4n) is 3.92. The monoisotopic (exact) mass is 306 g/mol. The van der Waals surface area contributed by atoms with Crippen molar-refractivity contribution in [1.82, 2.24) is 4.98 Å². The molecule has 3 aromatic rings. The van der Waals surface area contributed by atoms with Crippen molar-refractivity contribution in [3.63, 3.8) is 0 Å². The highest BCUT2D eigenvalue weighted by Gasteiger charge is 2.24. The van der Waals surface area contributed by atoms with E-state index < -0.39 is 0 Å². The molecule has 0 saturated heterocycles. The molecule has 0 spiro atoms. The number of benzene rings is 2. The Hall–Kier alpha value is -1.87. The van der Waals surface area contributed by atoms with Crippen LogP contribution in [0.1, 0.15) is 24.0 Å². The van der Waals surface area contributed by atoms with Crippen LogP contribution in [-0.2, 0) is 12.8 Å². The van der Waals surface area contributed by atoms with Crippen LogP contribution in [0.3, 0.4) is 0 Å². The van der Waals surface area contributed by atoms with Crippen LogP contribution in [-0.4, -0.2) is 18.1 Å². The highest BCUT2D eigenvalue weighted by molar-refractivity contribution is 7.21. The SMILES string of the molecule is c1ccc2sc(-c3cc4c5c(c3)CCCN5CCC4)nc2c1. The molecule has 0 aliphatic carbocycles. The summed E-state index contributed by atoms with van der Waals surface area (Å²) in [4.78, 5) is 7.45. The van der Waals surface area contributed by atoms with Gasteiger partial charge in [-0.2, -0.15) is 0 Å². The smallest absolute Gasteiger partial charge is 0.124 e. The van der Waals surface area contributed by atoms with Gasteiger partial charge < -0.3 is 4.90 Å². The number of hydrogen-bond acceptors (Lipinski definition) is 3. The van der Waals surface area contributed by atoms with Gasteiger partial charge >= 0.3 is 0 Å². The van der Waals surface area contributed by atoms with Crippen molar-refractivity contribution >= 4 is 27.2 Å². The van der Waals surface area contributed by atoms with Gasteiger partial charge in [0.05, 0.1) is 10.2 Å². The first-order valence-corrected chi connectivity index (χ1v) is 8.97. The van der Waals surface area contributed by atoms with Crippen LogP contribution >= 0.6 is 11.3 Å². The van der Waals surface area contributed by atoms with Gasteiger partial charge in [0.15, 0.2) is 0 Å². The Morgan fingerprint density at radius 3 is 2.41 bits per heavy atom. The lowest BCUT2D eigenvalue weighted by Crippen LogP contribution is -2.34. The molecule has 0 amide bonds. The third-order valence-corrected chi connectivity index (χ3v) is 5.96. The van der Waals surface area contributed by atoms with Gasteiger partial charge in [0.2, 0.25) is 0 Å². The van der Waals surface area contributed by atoms with Crippen molar-refractivity contribution < 1.29 is 0 Å². The summed E-state index contributed by atoms with van der Waals surface area (Å²) < 4.78 is 1.28. The zero-order chi connectivity index (χ0) is 14.5. The third kappa shape index (κ3) is 1.88. The molecular formula is C19H18N2S. The summed E-state index contributed by atoms with van der Waals surface area (Å²) in [6.07, 6.45) is 5.01. The van der Waals surface area contributed by atoms with Gasteiger partial charge in [-0.15, -0.1) is 11.3 Å². The number of para-hydroxylation sites is 1. The number of hydrogen-bond donors (Lipinski definition) is 0. The highest BCUT2D eigenvalue weighted by Crippen LogP contribution is 2.40. The standard InChI is InChI=1S/C19H18N2S/c1-2-8-17-16(7-1)20-19(22-17)15-11-13-5-3-9-21-10-4-6-14(12-15)18(13)21/h1-2,7-8,11-12H,3-6,9-10H2. The number of rotatable bonds is 1. The van der Waals surface area contributed by atoms with Gasteiger partial charge in [-0.05, 0) is 61.1 Å². The van der Waals surface area contributed by atoms with Crippen LogP contribution in [0.25, 0.3) is 20.8 Å². The zero-order valence-corrected chi connectivity index (χ0v) is 13.3. The van der Waals surface area contributed by atoms with Crippen LogP contribution in [0.5, 0.6) is 0 Å². The highest BCUT2D eigenvalue weighted by atomic mass is 32.1. The van der Waals surface area contributed by atoms with E-state index in [0.29, 0.717) is 0 Å². The lowest BCUT2D eigenvalue weighted by Gasteiger charge is -2.37. The Morgan fingerprint density at radius 2 is 1.68 bits per heavy atom. The fourth-order valence-corrected chi connectivity index (χ4v) is 4.88. The van der Waals surface area contributed by atoms with E-state index in [9.17, 15) is 0 Å². The minimum absolute atomic E-state index is 1.12. The molecule has 22 heavy (non-hydrogen) atoms. The number of nitrogens with zero attached hydrogens (tertiary/aromatic N) is 2. The average Bonchev–Trinajstić information content (AvgIpc) is 2.99. The van der Waals surface area contributed by atoms with E-state index in [1.54, 1.807) is 5.69 Å². The van der Waals surface area contributed by atoms with Gasteiger partial charge in [0, 0.05) is 24.3 Å². The van der Waals surface area contributed by atoms with Gasteiger partial charge in [0.25, 0.3) is 0 Å². The Labute approximate surface area is 134 Å². The number of fused-ring (bicyclic) bond motifs is 1. The molecule has 0 unspecified atom stereocenters. The molecule has 1 aromatic heterocycles. The van der Waals surface area contributed by atoms with E-state index in [0.717, 1.165) is 5.52 Å². The topological polar surface area (TPSA) is 16.1 Å². The molecular weight excluding hydrogens is 288 g/mol. The van der Waals surface area contributed by atoms with Gasteiger partial charge in [0.1, 0.15) is 5.01 Å². The maximum absolute atomic E-state index is 4.85. The molecule has 110 valence electrons. The summed E-state index contributed by atoms with van der Waals surface area (Å²) >= 11 is 1.81. The minimum Gasteiger partial charge on any atom is -0.371 e. The first-order valence-electron chi connectivity index (χ1n) is 8.15. The van der Waals surface area contributed by atoms with E-state index in [1.165, 1.54) is 65.2 Å². The van der Waals surface area contributed by atoms with Crippen molar-refractivity contribution in [2.45, 2.75) is 25.7 Å². The largest absolute Gasteiger partial charge is 0.371 e. The number of aryl methyl sites for hydroxylation is 2. The van der Waals surface area contributed by atoms with Crippen LogP contribution < -0.4 is 4.90 Å². The Kier molecular flexibility index (Phi) is 2.77. The van der Waals surface area contributed by atoms with Crippen LogP contribution in [0, 0.1) is 0 Å². The summed E-state index contributed by atoms with van der Waals surface area (Å²) in [5, 5.41) is 1.17. The van der Waals surface area contributed by atoms with Crippen LogP contribution in [0.4, 0.5) is 5.69 Å². The fraction of sp³-hybridized carbons (Fsp3) is 0.316. The van der Waals surface area contributed by atoms with Crippen molar-refractivity contribution in [1.29, 1.82) is 0 Å². The van der Waals surface area contributed by atoms with Crippen molar-refractivity contribution in [2.75, 3.05) is 18.0 Å². The molecule has 0 bridgehead atoms. The van der Waals surface area contributed by atoms with Crippen molar-refractivity contribution in [2.24, 2.45) is 0 Å². The van der Waals surface area contributed by atoms with E-state index in [1.807, 2.05) is 11.3 Å². The molecule has 2 aliphatic rings. The second-order valence-corrected chi connectivity index (χ2v) is 7.35. The molecule has 3 heteroatoms. The van der Waals surface area contributed by atoms with E-state index >= 15 is 0 Å². The summed E-state index contributed by atoms with van der Waals surface area (Å²) in [6, 6.07) is 13.2. The summed E-state index contributed by atoms with van der Waals surface area (Å²) in [7, 11) is 0. The molecule has 2 aliphatic heterocycles. The predicted molar refractivity (Wildman–Crippen MR) is 93.9 cm³/mol. The lowest BCUT2D eigenvalue weighted by atomic mass is 9.90. The summed E-state index contributed by atoms with van der Waals surface area (Å²) in [5.74, 6) is 0. The second kappa shape index (κ2) is 4.82. The Morgan fingerprint density at radius 1 is 0.955 bits per heavy atom. The second-order valence-electron chi connectivity index (χ2n) is 6.32. The Bertz CT molecular complexity index is 801. The number of thiazole rings is 1. The molecule has 0 radical (unpaired) electrons. The van der Waals surface area contributed by atoms with Crippen LogP contribution in [0.15, 0.2) is 36.4 Å². The minimum atomic E-state index is 1.12. The zero-order valence-electron chi connectivity index (χ0n) is 12.5. The molecule has 2 aromatic carbocycles. The molecule has 3 heterocycles. The molecule has 0 saturated carbocycles. The summed E-state index contributed by atoms with van der Waals surface area (Å²) in [6.45, 7) is 2.47. The number of anilines is 1. The maximum atomic E-state index is 4.85. The predicted octanol–water partition coefficient (Wildman–Crippen LogP) is 4.66. The Balaban J connectivity index is 1.69. The van der Waals surface area contributed by atoms with Gasteiger partial charge in [-0.25, -0.2) is 4.98 Å². The van der Waals surface area contributed by atoms with E-state index in [4.69, 9.17) is 4.98 Å². The maximum Gasteiger partial charge on any atom is 0.124 e. The first kappa shape index (κ1) is 12.7. The van der Waals surface area contributed by atoms with Crippen molar-refractivity contribution in [3.8, 4) is 10.6 Å². The molecule has 0 atom stereocenters. The average molecular weight is 306 g/mol. The first-order chi connectivity index (χ1) is 10.9. The lowest BCUT2D eigenvalue weighted by molar-refractivity contribution is 0.634. The van der Waals surface area contributed by atoms with Crippen LogP contribution in [0.2, 0.25) is 0 Å². The molecule has 2 nitrogen and oxygen atoms in total. The molecule has 5 rings (SSSR count). The van der Waals surface area contributed by atoms with Crippen molar-refractivity contribution in [3.05, 3.63) is 47.5 Å².